The van der Waals surface area contributed by atoms with E-state index in [0.717, 1.165) is 23.1 Å². The summed E-state index contributed by atoms with van der Waals surface area (Å²) >= 11 is 0. The zero-order valence-electron chi connectivity index (χ0n) is 20.7. The Morgan fingerprint density at radius 1 is 0.943 bits per heavy atom. The van der Waals surface area contributed by atoms with E-state index < -0.39 is 6.10 Å². The Morgan fingerprint density at radius 3 is 2.46 bits per heavy atom. The van der Waals surface area contributed by atoms with Gasteiger partial charge in [0.2, 0.25) is 5.91 Å². The maximum atomic E-state index is 12.5. The Kier molecular flexibility index (Phi) is 9.43. The molecule has 3 rings (SSSR count). The number of carbonyl (C=O) groups excluding carboxylic acids is 1. The maximum Gasteiger partial charge on any atom is 0.224 e. The quantitative estimate of drug-likeness (QED) is 0.291. The van der Waals surface area contributed by atoms with Crippen molar-refractivity contribution in [2.45, 2.75) is 58.9 Å². The molecule has 0 spiro atoms. The lowest BCUT2D eigenvalue weighted by Crippen LogP contribution is -2.32. The van der Waals surface area contributed by atoms with Crippen molar-refractivity contribution in [1.82, 2.24) is 10.6 Å². The van der Waals surface area contributed by atoms with Crippen molar-refractivity contribution in [2.75, 3.05) is 6.54 Å². The van der Waals surface area contributed by atoms with E-state index in [1.165, 1.54) is 17.2 Å². The smallest absolute Gasteiger partial charge is 0.224 e. The molecular weight excluding hydrogens is 440 g/mol. The van der Waals surface area contributed by atoms with Crippen molar-refractivity contribution in [3.8, 4) is 5.75 Å². The van der Waals surface area contributed by atoms with Gasteiger partial charge in [-0.3, -0.25) is 4.79 Å². The minimum absolute atomic E-state index is 0.00850. The Balaban J connectivity index is 1.48. The van der Waals surface area contributed by atoms with Crippen LogP contribution in [-0.2, 0) is 30.8 Å². The van der Waals surface area contributed by atoms with Gasteiger partial charge in [0.15, 0.2) is 0 Å². The van der Waals surface area contributed by atoms with Crippen LogP contribution in [0.5, 0.6) is 5.75 Å². The zero-order valence-corrected chi connectivity index (χ0v) is 20.7. The SMILES string of the molecule is Cc1ccc(CNC(=O)Cc2cccc(C[C@@H](C)NC[C@H](O)c3ccc(O)c(CO)c3)c2)cc1C. The van der Waals surface area contributed by atoms with Crippen molar-refractivity contribution in [3.05, 3.63) is 99.6 Å². The van der Waals surface area contributed by atoms with E-state index in [-0.39, 0.29) is 24.3 Å². The molecule has 6 nitrogen and oxygen atoms in total. The third-order valence-corrected chi connectivity index (χ3v) is 6.28. The molecule has 186 valence electrons. The van der Waals surface area contributed by atoms with Gasteiger partial charge in [0, 0.05) is 24.7 Å². The van der Waals surface area contributed by atoms with Gasteiger partial charge in [0.1, 0.15) is 5.75 Å². The third kappa shape index (κ3) is 7.92. The number of hydrogen-bond donors (Lipinski definition) is 5. The largest absolute Gasteiger partial charge is 0.508 e. The van der Waals surface area contributed by atoms with Crippen LogP contribution in [0, 0.1) is 13.8 Å². The summed E-state index contributed by atoms with van der Waals surface area (Å²) in [6.07, 6.45) is 0.325. The molecule has 2 atom stereocenters. The highest BCUT2D eigenvalue weighted by molar-refractivity contribution is 5.78. The minimum Gasteiger partial charge on any atom is -0.508 e. The Hall–Kier alpha value is -3.19. The van der Waals surface area contributed by atoms with E-state index in [1.807, 2.05) is 31.2 Å². The predicted octanol–water partition coefficient (Wildman–Crippen LogP) is 3.61. The normalized spacial score (nSPS) is 12.8. The molecule has 1 amide bonds. The average Bonchev–Trinajstić information content (AvgIpc) is 2.83. The number of amides is 1. The second kappa shape index (κ2) is 12.5. The average molecular weight is 477 g/mol. The van der Waals surface area contributed by atoms with Crippen molar-refractivity contribution in [3.63, 3.8) is 0 Å². The predicted molar refractivity (Wildman–Crippen MR) is 138 cm³/mol. The third-order valence-electron chi connectivity index (χ3n) is 6.28. The Morgan fingerprint density at radius 2 is 1.71 bits per heavy atom. The molecule has 3 aromatic carbocycles. The lowest BCUT2D eigenvalue weighted by Gasteiger charge is -2.18. The lowest BCUT2D eigenvalue weighted by molar-refractivity contribution is -0.120. The number of phenols is 1. The summed E-state index contributed by atoms with van der Waals surface area (Å²) in [7, 11) is 0. The first-order chi connectivity index (χ1) is 16.7. The summed E-state index contributed by atoms with van der Waals surface area (Å²) in [6, 6.07) is 19.1. The van der Waals surface area contributed by atoms with Crippen LogP contribution in [0.4, 0.5) is 0 Å². The molecule has 5 N–H and O–H groups in total. The highest BCUT2D eigenvalue weighted by Crippen LogP contribution is 2.22. The molecule has 0 aliphatic carbocycles. The minimum atomic E-state index is -0.754. The number of carbonyl (C=O) groups is 1. The van der Waals surface area contributed by atoms with Crippen LogP contribution in [0.25, 0.3) is 0 Å². The molecule has 0 unspecified atom stereocenters. The molecular formula is C29H36N2O4. The van der Waals surface area contributed by atoms with Crippen molar-refractivity contribution in [2.24, 2.45) is 0 Å². The number of aliphatic hydroxyl groups is 2. The second-order valence-corrected chi connectivity index (χ2v) is 9.27. The van der Waals surface area contributed by atoms with E-state index in [1.54, 1.807) is 12.1 Å². The summed E-state index contributed by atoms with van der Waals surface area (Å²) in [5.74, 6) is 0.00871. The van der Waals surface area contributed by atoms with Gasteiger partial charge in [-0.1, -0.05) is 48.5 Å². The first-order valence-corrected chi connectivity index (χ1v) is 12.0. The number of rotatable bonds is 11. The van der Waals surface area contributed by atoms with Crippen molar-refractivity contribution < 1.29 is 20.1 Å². The van der Waals surface area contributed by atoms with Crippen LogP contribution in [0.3, 0.4) is 0 Å². The van der Waals surface area contributed by atoms with Gasteiger partial charge in [-0.2, -0.15) is 0 Å². The molecule has 0 bridgehead atoms. The topological polar surface area (TPSA) is 102 Å². The first-order valence-electron chi connectivity index (χ1n) is 12.0. The van der Waals surface area contributed by atoms with Crippen molar-refractivity contribution >= 4 is 5.91 Å². The van der Waals surface area contributed by atoms with E-state index in [0.29, 0.717) is 30.6 Å². The fourth-order valence-electron chi connectivity index (χ4n) is 4.02. The molecule has 0 saturated carbocycles. The summed E-state index contributed by atoms with van der Waals surface area (Å²) in [6.45, 7) is 6.78. The van der Waals surface area contributed by atoms with Crippen molar-refractivity contribution in [1.29, 1.82) is 0 Å². The van der Waals surface area contributed by atoms with Crippen LogP contribution >= 0.6 is 0 Å². The van der Waals surface area contributed by atoms with Crippen LogP contribution in [0.2, 0.25) is 0 Å². The fraction of sp³-hybridized carbons (Fsp3) is 0.345. The van der Waals surface area contributed by atoms with Crippen LogP contribution in [0.15, 0.2) is 60.7 Å². The van der Waals surface area contributed by atoms with Gasteiger partial charge in [-0.25, -0.2) is 0 Å². The molecule has 0 aromatic heterocycles. The molecule has 3 aromatic rings. The highest BCUT2D eigenvalue weighted by Gasteiger charge is 2.13. The standard InChI is InChI=1S/C29H36N2O4/c1-19-7-8-24(11-20(19)2)16-31-29(35)14-23-6-4-5-22(13-23)12-21(3)30-17-28(34)25-9-10-27(33)26(15-25)18-32/h4-11,13,15,21,28,30,32-34H,12,14,16-18H2,1-3H3,(H,31,35)/t21-,28+/m1/s1. The first kappa shape index (κ1) is 26.4. The molecule has 0 heterocycles. The lowest BCUT2D eigenvalue weighted by atomic mass is 10.0. The Bertz CT molecular complexity index is 1150. The molecule has 0 fully saturated rings. The molecule has 0 radical (unpaired) electrons. The van der Waals surface area contributed by atoms with Crippen LogP contribution in [0.1, 0.15) is 52.0 Å². The van der Waals surface area contributed by atoms with Gasteiger partial charge in [0.25, 0.3) is 0 Å². The highest BCUT2D eigenvalue weighted by atomic mass is 16.3. The van der Waals surface area contributed by atoms with Gasteiger partial charge in [-0.05, 0) is 72.7 Å². The van der Waals surface area contributed by atoms with Gasteiger partial charge in [0.05, 0.1) is 19.1 Å². The van der Waals surface area contributed by atoms with E-state index in [9.17, 15) is 20.1 Å². The number of aromatic hydroxyl groups is 1. The number of nitrogens with one attached hydrogen (secondary N) is 2. The van der Waals surface area contributed by atoms with E-state index >= 15 is 0 Å². The number of aliphatic hydroxyl groups excluding tert-OH is 2. The summed E-state index contributed by atoms with van der Waals surface area (Å²) in [5.41, 5.74) is 6.67. The zero-order chi connectivity index (χ0) is 25.4. The monoisotopic (exact) mass is 476 g/mol. The summed E-state index contributed by atoms with van der Waals surface area (Å²) in [4.78, 5) is 12.5. The number of benzene rings is 3. The Labute approximate surface area is 207 Å². The molecule has 35 heavy (non-hydrogen) atoms. The summed E-state index contributed by atoms with van der Waals surface area (Å²) < 4.78 is 0. The molecule has 0 aliphatic rings. The number of aryl methyl sites for hydroxylation is 2. The molecule has 0 aliphatic heterocycles. The van der Waals surface area contributed by atoms with Crippen LogP contribution in [-0.4, -0.2) is 33.8 Å². The van der Waals surface area contributed by atoms with E-state index in [4.69, 9.17) is 0 Å². The second-order valence-electron chi connectivity index (χ2n) is 9.27. The van der Waals surface area contributed by atoms with E-state index in [2.05, 4.69) is 42.7 Å². The maximum absolute atomic E-state index is 12.5. The molecule has 6 heteroatoms. The van der Waals surface area contributed by atoms with Gasteiger partial charge in [-0.15, -0.1) is 0 Å². The van der Waals surface area contributed by atoms with Gasteiger partial charge >= 0.3 is 0 Å². The van der Waals surface area contributed by atoms with Crippen LogP contribution < -0.4 is 10.6 Å². The number of hydrogen-bond acceptors (Lipinski definition) is 5. The van der Waals surface area contributed by atoms with Gasteiger partial charge < -0.3 is 26.0 Å². The molecule has 0 saturated heterocycles. The summed E-state index contributed by atoms with van der Waals surface area (Å²) in [5, 5.41) is 35.8. The fourth-order valence-corrected chi connectivity index (χ4v) is 4.02.